The molecular weight excluding hydrogens is 264 g/mol. The average molecular weight is 281 g/mol. The minimum absolute atomic E-state index is 0.0280. The number of nitrogens with zero attached hydrogens (tertiary/aromatic N) is 2. The summed E-state index contributed by atoms with van der Waals surface area (Å²) in [5.74, 6) is 0. The van der Waals surface area contributed by atoms with Gasteiger partial charge in [-0.05, 0) is 38.5 Å². The van der Waals surface area contributed by atoms with Gasteiger partial charge in [-0.25, -0.2) is 0 Å². The van der Waals surface area contributed by atoms with Crippen molar-refractivity contribution in [1.29, 1.82) is 0 Å². The second-order valence-electron chi connectivity index (χ2n) is 4.68. The smallest absolute Gasteiger partial charge is 0.299 e. The Hall–Kier alpha value is -1.55. The summed E-state index contributed by atoms with van der Waals surface area (Å²) in [5.41, 5.74) is 0.502. The standard InChI is InChI=1S/C14H17ClN2O2/c1-4-7-17-13(18)11-8-10(15)5-6-12(11)16-14(17)19-9(2)3/h5-6,8-9H,4,7H2,1-3H3. The Morgan fingerprint density at radius 3 is 2.79 bits per heavy atom. The van der Waals surface area contributed by atoms with Crippen LogP contribution < -0.4 is 10.3 Å². The Bertz CT molecular complexity index is 650. The Labute approximate surface area is 117 Å². The lowest BCUT2D eigenvalue weighted by molar-refractivity contribution is 0.208. The first kappa shape index (κ1) is 13.9. The molecule has 5 heteroatoms. The van der Waals surface area contributed by atoms with Crippen LogP contribution >= 0.6 is 11.6 Å². The van der Waals surface area contributed by atoms with Crippen LogP contribution in [0.5, 0.6) is 6.01 Å². The Balaban J connectivity index is 2.70. The van der Waals surface area contributed by atoms with Crippen LogP contribution in [-0.2, 0) is 6.54 Å². The number of rotatable bonds is 4. The van der Waals surface area contributed by atoms with Gasteiger partial charge in [0.2, 0.25) is 0 Å². The molecule has 0 N–H and O–H groups in total. The molecule has 0 bridgehead atoms. The zero-order valence-electron chi connectivity index (χ0n) is 11.3. The fraction of sp³-hybridized carbons (Fsp3) is 0.429. The van der Waals surface area contributed by atoms with E-state index in [2.05, 4.69) is 4.98 Å². The van der Waals surface area contributed by atoms with E-state index in [0.717, 1.165) is 6.42 Å². The highest BCUT2D eigenvalue weighted by atomic mass is 35.5. The largest absolute Gasteiger partial charge is 0.462 e. The average Bonchev–Trinajstić information content (AvgIpc) is 2.34. The summed E-state index contributed by atoms with van der Waals surface area (Å²) in [6, 6.07) is 5.48. The van der Waals surface area contributed by atoms with Crippen molar-refractivity contribution in [2.24, 2.45) is 0 Å². The normalized spacial score (nSPS) is 11.2. The van der Waals surface area contributed by atoms with Crippen molar-refractivity contribution in [2.45, 2.75) is 39.8 Å². The summed E-state index contributed by atoms with van der Waals surface area (Å²) in [6.07, 6.45) is 0.807. The molecule has 19 heavy (non-hydrogen) atoms. The molecule has 0 atom stereocenters. The first-order chi connectivity index (χ1) is 9.02. The topological polar surface area (TPSA) is 44.1 Å². The molecule has 1 aromatic carbocycles. The fourth-order valence-corrected chi connectivity index (χ4v) is 2.07. The van der Waals surface area contributed by atoms with Gasteiger partial charge in [0.15, 0.2) is 0 Å². The highest BCUT2D eigenvalue weighted by Gasteiger charge is 2.13. The summed E-state index contributed by atoms with van der Waals surface area (Å²) < 4.78 is 7.20. The van der Waals surface area contributed by atoms with Crippen LogP contribution in [0.25, 0.3) is 10.9 Å². The molecule has 1 aromatic heterocycles. The maximum absolute atomic E-state index is 12.5. The third kappa shape index (κ3) is 2.89. The van der Waals surface area contributed by atoms with Gasteiger partial charge < -0.3 is 4.74 Å². The highest BCUT2D eigenvalue weighted by molar-refractivity contribution is 6.31. The molecule has 0 amide bonds. The van der Waals surface area contributed by atoms with Crippen LogP contribution in [0.2, 0.25) is 5.02 Å². The second-order valence-corrected chi connectivity index (χ2v) is 5.12. The Morgan fingerprint density at radius 2 is 2.16 bits per heavy atom. The Morgan fingerprint density at radius 1 is 1.42 bits per heavy atom. The van der Waals surface area contributed by atoms with E-state index in [1.54, 1.807) is 22.8 Å². The molecule has 2 rings (SSSR count). The van der Waals surface area contributed by atoms with Crippen molar-refractivity contribution in [1.82, 2.24) is 9.55 Å². The zero-order valence-corrected chi connectivity index (χ0v) is 12.1. The van der Waals surface area contributed by atoms with Crippen molar-refractivity contribution in [3.8, 4) is 6.01 Å². The van der Waals surface area contributed by atoms with Crippen LogP contribution in [0.1, 0.15) is 27.2 Å². The zero-order chi connectivity index (χ0) is 14.0. The summed E-state index contributed by atoms with van der Waals surface area (Å²) in [6.45, 7) is 6.41. The van der Waals surface area contributed by atoms with Crippen LogP contribution in [0, 0.1) is 0 Å². The molecule has 0 saturated carbocycles. The van der Waals surface area contributed by atoms with E-state index in [0.29, 0.717) is 28.5 Å². The van der Waals surface area contributed by atoms with Crippen LogP contribution in [0.3, 0.4) is 0 Å². The molecule has 0 aliphatic heterocycles. The minimum atomic E-state index is -0.106. The number of aromatic nitrogens is 2. The Kier molecular flexibility index (Phi) is 4.10. The third-order valence-corrected chi connectivity index (χ3v) is 2.90. The predicted molar refractivity (Wildman–Crippen MR) is 77.1 cm³/mol. The number of ether oxygens (including phenoxy) is 1. The van der Waals surface area contributed by atoms with Gasteiger partial charge in [0.1, 0.15) is 0 Å². The summed E-state index contributed by atoms with van der Waals surface area (Å²) >= 11 is 5.94. The van der Waals surface area contributed by atoms with Crippen LogP contribution in [0.4, 0.5) is 0 Å². The second kappa shape index (κ2) is 5.61. The summed E-state index contributed by atoms with van der Waals surface area (Å²) in [4.78, 5) is 16.9. The van der Waals surface area contributed by atoms with Crippen molar-refractivity contribution >= 4 is 22.5 Å². The summed E-state index contributed by atoms with van der Waals surface area (Å²) in [5, 5.41) is 1.06. The maximum Gasteiger partial charge on any atom is 0.299 e. The third-order valence-electron chi connectivity index (χ3n) is 2.67. The SMILES string of the molecule is CCCn1c(OC(C)C)nc2ccc(Cl)cc2c1=O. The predicted octanol–water partition coefficient (Wildman–Crippen LogP) is 3.25. The quantitative estimate of drug-likeness (QED) is 0.863. The molecule has 4 nitrogen and oxygen atoms in total. The first-order valence-electron chi connectivity index (χ1n) is 6.39. The van der Waals surface area contributed by atoms with Gasteiger partial charge in [0.25, 0.3) is 11.6 Å². The van der Waals surface area contributed by atoms with Gasteiger partial charge in [0, 0.05) is 11.6 Å². The van der Waals surface area contributed by atoms with E-state index in [-0.39, 0.29) is 11.7 Å². The fourth-order valence-electron chi connectivity index (χ4n) is 1.89. The number of hydrogen-bond acceptors (Lipinski definition) is 3. The van der Waals surface area contributed by atoms with Gasteiger partial charge in [-0.1, -0.05) is 18.5 Å². The molecule has 102 valence electrons. The lowest BCUT2D eigenvalue weighted by atomic mass is 10.2. The van der Waals surface area contributed by atoms with E-state index < -0.39 is 0 Å². The molecule has 0 aliphatic carbocycles. The highest BCUT2D eigenvalue weighted by Crippen LogP contribution is 2.18. The number of benzene rings is 1. The summed E-state index contributed by atoms with van der Waals surface area (Å²) in [7, 11) is 0. The van der Waals surface area contributed by atoms with E-state index in [1.165, 1.54) is 0 Å². The van der Waals surface area contributed by atoms with Crippen molar-refractivity contribution in [2.75, 3.05) is 0 Å². The lowest BCUT2D eigenvalue weighted by Gasteiger charge is -2.15. The minimum Gasteiger partial charge on any atom is -0.462 e. The molecule has 0 fully saturated rings. The number of fused-ring (bicyclic) bond motifs is 1. The van der Waals surface area contributed by atoms with Gasteiger partial charge in [-0.2, -0.15) is 4.98 Å². The van der Waals surface area contributed by atoms with Gasteiger partial charge in [-0.3, -0.25) is 9.36 Å². The number of hydrogen-bond donors (Lipinski definition) is 0. The van der Waals surface area contributed by atoms with Gasteiger partial charge in [0.05, 0.1) is 17.0 Å². The van der Waals surface area contributed by atoms with Crippen LogP contribution in [0.15, 0.2) is 23.0 Å². The van der Waals surface area contributed by atoms with E-state index >= 15 is 0 Å². The molecule has 0 spiro atoms. The molecular formula is C14H17ClN2O2. The monoisotopic (exact) mass is 280 g/mol. The number of halogens is 1. The molecule has 0 saturated heterocycles. The van der Waals surface area contributed by atoms with E-state index in [4.69, 9.17) is 16.3 Å². The van der Waals surface area contributed by atoms with Crippen molar-refractivity contribution in [3.63, 3.8) is 0 Å². The van der Waals surface area contributed by atoms with Gasteiger partial charge >= 0.3 is 0 Å². The lowest BCUT2D eigenvalue weighted by Crippen LogP contribution is -2.25. The molecule has 0 aliphatic rings. The maximum atomic E-state index is 12.5. The first-order valence-corrected chi connectivity index (χ1v) is 6.77. The van der Waals surface area contributed by atoms with Gasteiger partial charge in [-0.15, -0.1) is 0 Å². The van der Waals surface area contributed by atoms with Crippen molar-refractivity contribution in [3.05, 3.63) is 33.6 Å². The molecule has 2 aromatic rings. The molecule has 1 heterocycles. The molecule has 0 unspecified atom stereocenters. The van der Waals surface area contributed by atoms with E-state index in [1.807, 2.05) is 20.8 Å². The van der Waals surface area contributed by atoms with Crippen molar-refractivity contribution < 1.29 is 4.74 Å². The van der Waals surface area contributed by atoms with E-state index in [9.17, 15) is 4.79 Å². The van der Waals surface area contributed by atoms with Crippen LogP contribution in [-0.4, -0.2) is 15.7 Å². The molecule has 0 radical (unpaired) electrons.